The first-order chi connectivity index (χ1) is 13.5. The van der Waals surface area contributed by atoms with Crippen LogP contribution in [0.25, 0.3) is 0 Å². The second kappa shape index (κ2) is 9.66. The molecule has 0 aliphatic carbocycles. The third kappa shape index (κ3) is 5.30. The Bertz CT molecular complexity index is 718. The first-order valence-electron chi connectivity index (χ1n) is 9.73. The lowest BCUT2D eigenvalue weighted by atomic mass is 9.97. The molecule has 1 aromatic rings. The highest BCUT2D eigenvalue weighted by molar-refractivity contribution is 6.35. The van der Waals surface area contributed by atoms with E-state index in [0.717, 1.165) is 45.7 Å². The number of hydrogen-bond donors (Lipinski definition) is 2. The zero-order valence-corrected chi connectivity index (χ0v) is 15.9. The molecule has 1 atom stereocenters. The average molecular weight is 389 g/mol. The summed E-state index contributed by atoms with van der Waals surface area (Å²) in [6, 6.07) is 6.44. The van der Waals surface area contributed by atoms with E-state index in [4.69, 9.17) is 4.74 Å². The molecular weight excluding hydrogens is 362 g/mol. The summed E-state index contributed by atoms with van der Waals surface area (Å²) in [6.45, 7) is 5.40. The number of piperidine rings is 1. The van der Waals surface area contributed by atoms with Gasteiger partial charge in [-0.2, -0.15) is 0 Å². The van der Waals surface area contributed by atoms with E-state index in [1.54, 1.807) is 23.1 Å². The van der Waals surface area contributed by atoms with Crippen molar-refractivity contribution in [3.05, 3.63) is 35.4 Å². The normalized spacial score (nSPS) is 20.6. The van der Waals surface area contributed by atoms with Gasteiger partial charge >= 0.3 is 17.8 Å². The van der Waals surface area contributed by atoms with Crippen molar-refractivity contribution in [2.75, 3.05) is 45.9 Å². The molecule has 2 amide bonds. The van der Waals surface area contributed by atoms with Gasteiger partial charge in [0.15, 0.2) is 0 Å². The molecule has 0 saturated carbocycles. The molecule has 0 bridgehead atoms. The first-order valence-corrected chi connectivity index (χ1v) is 9.73. The summed E-state index contributed by atoms with van der Waals surface area (Å²) in [5.41, 5.74) is 0.596. The zero-order valence-electron chi connectivity index (χ0n) is 15.9. The van der Waals surface area contributed by atoms with E-state index in [0.29, 0.717) is 24.6 Å². The molecule has 2 fully saturated rings. The van der Waals surface area contributed by atoms with E-state index < -0.39 is 17.8 Å². The highest BCUT2D eigenvalue weighted by Crippen LogP contribution is 2.18. The van der Waals surface area contributed by atoms with E-state index in [1.165, 1.54) is 6.07 Å². The monoisotopic (exact) mass is 389 g/mol. The lowest BCUT2D eigenvalue weighted by Gasteiger charge is -2.36. The third-order valence-corrected chi connectivity index (χ3v) is 5.31. The van der Waals surface area contributed by atoms with Gasteiger partial charge in [0.25, 0.3) is 0 Å². The number of likely N-dealkylation sites (tertiary alicyclic amines) is 1. The number of morpholine rings is 1. The number of carbonyl (C=O) groups is 3. The molecule has 3 rings (SSSR count). The van der Waals surface area contributed by atoms with Crippen molar-refractivity contribution in [3.63, 3.8) is 0 Å². The lowest BCUT2D eigenvalue weighted by molar-refractivity contribution is -0.147. The quantitative estimate of drug-likeness (QED) is 0.715. The molecule has 0 spiro atoms. The van der Waals surface area contributed by atoms with Gasteiger partial charge in [-0.3, -0.25) is 14.5 Å². The fraction of sp³-hybridized carbons (Fsp3) is 0.550. The van der Waals surface area contributed by atoms with Crippen molar-refractivity contribution >= 4 is 17.8 Å². The number of rotatable bonds is 5. The highest BCUT2D eigenvalue weighted by atomic mass is 16.5. The van der Waals surface area contributed by atoms with Crippen molar-refractivity contribution < 1.29 is 24.2 Å². The number of amides is 2. The maximum atomic E-state index is 12.5. The van der Waals surface area contributed by atoms with Crippen LogP contribution in [0, 0.1) is 5.92 Å². The summed E-state index contributed by atoms with van der Waals surface area (Å²) in [5.74, 6) is -1.93. The summed E-state index contributed by atoms with van der Waals surface area (Å²) in [6.07, 6.45) is 1.94. The largest absolute Gasteiger partial charge is 0.478 e. The summed E-state index contributed by atoms with van der Waals surface area (Å²) < 4.78 is 5.37. The molecule has 2 N–H and O–H groups in total. The van der Waals surface area contributed by atoms with Crippen LogP contribution in [0.3, 0.4) is 0 Å². The van der Waals surface area contributed by atoms with Crippen LogP contribution in [0.15, 0.2) is 24.3 Å². The maximum Gasteiger partial charge on any atom is 0.336 e. The van der Waals surface area contributed by atoms with E-state index >= 15 is 0 Å². The molecule has 8 heteroatoms. The molecule has 2 heterocycles. The number of benzene rings is 1. The van der Waals surface area contributed by atoms with Crippen LogP contribution in [0.2, 0.25) is 0 Å². The molecule has 2 aliphatic rings. The van der Waals surface area contributed by atoms with Crippen molar-refractivity contribution in [1.29, 1.82) is 0 Å². The molecule has 0 aromatic heterocycles. The number of nitrogens with zero attached hydrogens (tertiary/aromatic N) is 2. The van der Waals surface area contributed by atoms with Crippen LogP contribution in [0.4, 0.5) is 0 Å². The van der Waals surface area contributed by atoms with E-state index in [1.807, 2.05) is 0 Å². The molecule has 2 saturated heterocycles. The standard InChI is InChI=1S/C20H27N3O5/c24-18(21-12-16-5-1-2-6-17(16)20(26)27)19(25)23-7-3-4-15(14-23)13-22-8-10-28-11-9-22/h1-2,5-6,15H,3-4,7-14H2,(H,21,24)(H,26,27)/t15-/m1/s1. The Balaban J connectivity index is 1.51. The average Bonchev–Trinajstić information content (AvgIpc) is 2.72. The van der Waals surface area contributed by atoms with Gasteiger partial charge in [0.05, 0.1) is 18.8 Å². The van der Waals surface area contributed by atoms with Gasteiger partial charge in [-0.05, 0) is 30.4 Å². The molecule has 152 valence electrons. The highest BCUT2D eigenvalue weighted by Gasteiger charge is 2.29. The fourth-order valence-corrected chi connectivity index (χ4v) is 3.83. The minimum Gasteiger partial charge on any atom is -0.478 e. The first kappa shape index (κ1) is 20.3. The van der Waals surface area contributed by atoms with Crippen LogP contribution in [-0.2, 0) is 20.9 Å². The van der Waals surface area contributed by atoms with E-state index in [2.05, 4.69) is 10.2 Å². The zero-order chi connectivity index (χ0) is 19.9. The molecule has 0 unspecified atom stereocenters. The third-order valence-electron chi connectivity index (χ3n) is 5.31. The molecule has 8 nitrogen and oxygen atoms in total. The van der Waals surface area contributed by atoms with E-state index in [9.17, 15) is 19.5 Å². The van der Waals surface area contributed by atoms with Gasteiger partial charge in [-0.15, -0.1) is 0 Å². The van der Waals surface area contributed by atoms with Crippen molar-refractivity contribution in [2.45, 2.75) is 19.4 Å². The van der Waals surface area contributed by atoms with Crippen LogP contribution in [-0.4, -0.2) is 78.6 Å². The maximum absolute atomic E-state index is 12.5. The molecule has 2 aliphatic heterocycles. The van der Waals surface area contributed by atoms with Gasteiger partial charge < -0.3 is 20.1 Å². The molecule has 0 radical (unpaired) electrons. The minimum atomic E-state index is -1.06. The van der Waals surface area contributed by atoms with Gasteiger partial charge in [0, 0.05) is 39.3 Å². The van der Waals surface area contributed by atoms with Crippen molar-refractivity contribution in [3.8, 4) is 0 Å². The number of hydrogen-bond acceptors (Lipinski definition) is 5. The van der Waals surface area contributed by atoms with Gasteiger partial charge in [0.1, 0.15) is 0 Å². The Hall–Kier alpha value is -2.45. The topological polar surface area (TPSA) is 99.2 Å². The van der Waals surface area contributed by atoms with Gasteiger partial charge in [0.2, 0.25) is 0 Å². The summed E-state index contributed by atoms with van der Waals surface area (Å²) >= 11 is 0. The van der Waals surface area contributed by atoms with Crippen LogP contribution < -0.4 is 5.32 Å². The number of carbonyl (C=O) groups excluding carboxylic acids is 2. The smallest absolute Gasteiger partial charge is 0.336 e. The van der Waals surface area contributed by atoms with Gasteiger partial charge in [-0.25, -0.2) is 4.79 Å². The Morgan fingerprint density at radius 1 is 1.14 bits per heavy atom. The Labute approximate surface area is 164 Å². The second-order valence-electron chi connectivity index (χ2n) is 7.32. The number of aromatic carboxylic acids is 1. The molecular formula is C20H27N3O5. The predicted molar refractivity (Wildman–Crippen MR) is 102 cm³/mol. The summed E-state index contributed by atoms with van der Waals surface area (Å²) in [5, 5.41) is 11.8. The van der Waals surface area contributed by atoms with Crippen LogP contribution in [0.1, 0.15) is 28.8 Å². The number of nitrogens with one attached hydrogen (secondary N) is 1. The Morgan fingerprint density at radius 3 is 2.64 bits per heavy atom. The predicted octanol–water partition coefficient (Wildman–Crippen LogP) is 0.572. The second-order valence-corrected chi connectivity index (χ2v) is 7.32. The number of carboxylic acids is 1. The number of ether oxygens (including phenoxy) is 1. The molecule has 28 heavy (non-hydrogen) atoms. The summed E-state index contributed by atoms with van der Waals surface area (Å²) in [7, 11) is 0. The SMILES string of the molecule is O=C(NCc1ccccc1C(=O)O)C(=O)N1CCC[C@H](CN2CCOCC2)C1. The minimum absolute atomic E-state index is 0.0120. The number of carboxylic acid groups (broad SMARTS) is 1. The Kier molecular flexibility index (Phi) is 7.00. The van der Waals surface area contributed by atoms with Crippen LogP contribution in [0.5, 0.6) is 0 Å². The van der Waals surface area contributed by atoms with Gasteiger partial charge in [-0.1, -0.05) is 18.2 Å². The van der Waals surface area contributed by atoms with E-state index in [-0.39, 0.29) is 12.1 Å². The van der Waals surface area contributed by atoms with Crippen molar-refractivity contribution in [1.82, 2.24) is 15.1 Å². The molecule has 1 aromatic carbocycles. The summed E-state index contributed by atoms with van der Waals surface area (Å²) in [4.78, 5) is 40.1. The Morgan fingerprint density at radius 2 is 1.89 bits per heavy atom. The fourth-order valence-electron chi connectivity index (χ4n) is 3.83. The van der Waals surface area contributed by atoms with Crippen molar-refractivity contribution in [2.24, 2.45) is 5.92 Å². The van der Waals surface area contributed by atoms with Crippen LogP contribution >= 0.6 is 0 Å². The lowest BCUT2D eigenvalue weighted by Crippen LogP contribution is -2.49.